The standard InChI is InChI=1S/C28H20O4/c29-27(31-23-13-3-1-4-14-23)25-17-9-7-11-21(25)19-20-22-12-8-10-18-26(22)28(30)32-24-15-5-2-6-16-24/h1-20H/b20-19+. The summed E-state index contributed by atoms with van der Waals surface area (Å²) in [6, 6.07) is 32.2. The summed E-state index contributed by atoms with van der Waals surface area (Å²) >= 11 is 0. The molecule has 4 rings (SSSR count). The first-order valence-corrected chi connectivity index (χ1v) is 10.1. The third-order valence-corrected chi connectivity index (χ3v) is 4.71. The minimum Gasteiger partial charge on any atom is -0.423 e. The number of rotatable bonds is 6. The maximum absolute atomic E-state index is 12.7. The molecule has 4 aromatic carbocycles. The minimum absolute atomic E-state index is 0.428. The van der Waals surface area contributed by atoms with Crippen LogP contribution in [0.3, 0.4) is 0 Å². The highest BCUT2D eigenvalue weighted by atomic mass is 16.5. The van der Waals surface area contributed by atoms with Crippen LogP contribution in [0.4, 0.5) is 0 Å². The molecule has 0 aliphatic carbocycles. The lowest BCUT2D eigenvalue weighted by Gasteiger charge is -2.08. The summed E-state index contributed by atoms with van der Waals surface area (Å²) in [5.41, 5.74) is 2.22. The van der Waals surface area contributed by atoms with Gasteiger partial charge in [-0.15, -0.1) is 0 Å². The minimum atomic E-state index is -0.451. The van der Waals surface area contributed by atoms with Gasteiger partial charge in [0, 0.05) is 0 Å². The van der Waals surface area contributed by atoms with E-state index in [1.165, 1.54) is 0 Å². The first-order chi connectivity index (χ1) is 15.7. The Bertz CT molecular complexity index is 1150. The summed E-state index contributed by atoms with van der Waals surface area (Å²) in [5, 5.41) is 0. The summed E-state index contributed by atoms with van der Waals surface area (Å²) in [5.74, 6) is 0.0528. The molecular weight excluding hydrogens is 400 g/mol. The van der Waals surface area contributed by atoms with Crippen LogP contribution in [0.5, 0.6) is 11.5 Å². The lowest BCUT2D eigenvalue weighted by atomic mass is 10.0. The molecule has 0 aliphatic rings. The van der Waals surface area contributed by atoms with E-state index in [0.29, 0.717) is 33.8 Å². The molecule has 0 N–H and O–H groups in total. The first kappa shape index (κ1) is 20.8. The monoisotopic (exact) mass is 420 g/mol. The van der Waals surface area contributed by atoms with Gasteiger partial charge in [-0.3, -0.25) is 0 Å². The van der Waals surface area contributed by atoms with Gasteiger partial charge >= 0.3 is 11.9 Å². The maximum Gasteiger partial charge on any atom is 0.344 e. The molecule has 156 valence electrons. The topological polar surface area (TPSA) is 52.6 Å². The van der Waals surface area contributed by atoms with Crippen molar-refractivity contribution in [3.8, 4) is 11.5 Å². The van der Waals surface area contributed by atoms with E-state index in [2.05, 4.69) is 0 Å². The van der Waals surface area contributed by atoms with Crippen molar-refractivity contribution in [1.82, 2.24) is 0 Å². The summed E-state index contributed by atoms with van der Waals surface area (Å²) in [4.78, 5) is 25.4. The highest BCUT2D eigenvalue weighted by molar-refractivity contribution is 5.98. The Hall–Kier alpha value is -4.44. The van der Waals surface area contributed by atoms with Crippen molar-refractivity contribution in [2.24, 2.45) is 0 Å². The van der Waals surface area contributed by atoms with Crippen molar-refractivity contribution < 1.29 is 19.1 Å². The lowest BCUT2D eigenvalue weighted by Crippen LogP contribution is -2.10. The molecule has 32 heavy (non-hydrogen) atoms. The van der Waals surface area contributed by atoms with Crippen molar-refractivity contribution in [3.05, 3.63) is 131 Å². The van der Waals surface area contributed by atoms with Crippen LogP contribution in [0.15, 0.2) is 109 Å². The predicted molar refractivity (Wildman–Crippen MR) is 125 cm³/mol. The molecule has 0 saturated heterocycles. The van der Waals surface area contributed by atoms with Crippen LogP contribution < -0.4 is 9.47 Å². The van der Waals surface area contributed by atoms with Gasteiger partial charge in [-0.1, -0.05) is 84.9 Å². The van der Waals surface area contributed by atoms with E-state index in [0.717, 1.165) is 0 Å². The quantitative estimate of drug-likeness (QED) is 0.209. The number of para-hydroxylation sites is 2. The van der Waals surface area contributed by atoms with Gasteiger partial charge in [-0.05, 0) is 47.5 Å². The molecular formula is C28H20O4. The summed E-state index contributed by atoms with van der Waals surface area (Å²) in [6.45, 7) is 0. The number of hydrogen-bond acceptors (Lipinski definition) is 4. The van der Waals surface area contributed by atoms with Gasteiger partial charge in [0.05, 0.1) is 11.1 Å². The zero-order chi connectivity index (χ0) is 22.2. The van der Waals surface area contributed by atoms with Crippen molar-refractivity contribution in [2.75, 3.05) is 0 Å². The molecule has 0 atom stereocenters. The van der Waals surface area contributed by atoms with Gasteiger partial charge in [-0.25, -0.2) is 9.59 Å². The molecule has 4 heteroatoms. The molecule has 4 aromatic rings. The second-order valence-electron chi connectivity index (χ2n) is 6.91. The van der Waals surface area contributed by atoms with Gasteiger partial charge in [0.1, 0.15) is 11.5 Å². The fraction of sp³-hybridized carbons (Fsp3) is 0. The second kappa shape index (κ2) is 10.0. The Kier molecular flexibility index (Phi) is 6.54. The molecule has 0 heterocycles. The number of hydrogen-bond donors (Lipinski definition) is 0. The summed E-state index contributed by atoms with van der Waals surface area (Å²) < 4.78 is 10.9. The summed E-state index contributed by atoms with van der Waals surface area (Å²) in [6.07, 6.45) is 3.58. The normalized spacial score (nSPS) is 10.6. The van der Waals surface area contributed by atoms with Gasteiger partial charge in [0.15, 0.2) is 0 Å². The van der Waals surface area contributed by atoms with Crippen LogP contribution in [-0.4, -0.2) is 11.9 Å². The Morgan fingerprint density at radius 1 is 0.469 bits per heavy atom. The SMILES string of the molecule is O=C(Oc1ccccc1)c1ccccc1/C=C/c1ccccc1C(=O)Oc1ccccc1. The number of ether oxygens (including phenoxy) is 2. The first-order valence-electron chi connectivity index (χ1n) is 10.1. The average molecular weight is 420 g/mol. The Morgan fingerprint density at radius 3 is 1.22 bits per heavy atom. The van der Waals surface area contributed by atoms with E-state index < -0.39 is 11.9 Å². The number of carbonyl (C=O) groups is 2. The molecule has 0 aromatic heterocycles. The van der Waals surface area contributed by atoms with Crippen molar-refractivity contribution in [1.29, 1.82) is 0 Å². The summed E-state index contributed by atoms with van der Waals surface area (Å²) in [7, 11) is 0. The van der Waals surface area contributed by atoms with Crippen molar-refractivity contribution >= 4 is 24.1 Å². The van der Waals surface area contributed by atoms with Gasteiger partial charge in [0.25, 0.3) is 0 Å². The molecule has 0 amide bonds. The van der Waals surface area contributed by atoms with E-state index in [1.807, 2.05) is 36.4 Å². The fourth-order valence-electron chi connectivity index (χ4n) is 3.14. The van der Waals surface area contributed by atoms with Crippen molar-refractivity contribution in [2.45, 2.75) is 0 Å². The Balaban J connectivity index is 1.57. The molecule has 0 fully saturated rings. The van der Waals surface area contributed by atoms with Crippen LogP contribution in [0, 0.1) is 0 Å². The number of carbonyl (C=O) groups excluding carboxylic acids is 2. The molecule has 0 unspecified atom stereocenters. The highest BCUT2D eigenvalue weighted by Gasteiger charge is 2.14. The zero-order valence-electron chi connectivity index (χ0n) is 17.2. The van der Waals surface area contributed by atoms with E-state index in [-0.39, 0.29) is 0 Å². The largest absolute Gasteiger partial charge is 0.423 e. The number of esters is 2. The molecule has 4 nitrogen and oxygen atoms in total. The fourth-order valence-corrected chi connectivity index (χ4v) is 3.14. The molecule has 0 radical (unpaired) electrons. The Labute approximate surface area is 186 Å². The van der Waals surface area contributed by atoms with Crippen LogP contribution in [-0.2, 0) is 0 Å². The lowest BCUT2D eigenvalue weighted by molar-refractivity contribution is 0.0724. The van der Waals surface area contributed by atoms with E-state index in [1.54, 1.807) is 84.9 Å². The maximum atomic E-state index is 12.7. The third-order valence-electron chi connectivity index (χ3n) is 4.71. The van der Waals surface area contributed by atoms with Crippen molar-refractivity contribution in [3.63, 3.8) is 0 Å². The highest BCUT2D eigenvalue weighted by Crippen LogP contribution is 2.20. The second-order valence-corrected chi connectivity index (χ2v) is 6.91. The van der Waals surface area contributed by atoms with Crippen LogP contribution in [0.2, 0.25) is 0 Å². The van der Waals surface area contributed by atoms with E-state index in [9.17, 15) is 9.59 Å². The molecule has 0 aliphatic heterocycles. The van der Waals surface area contributed by atoms with Gasteiger partial charge < -0.3 is 9.47 Å². The van der Waals surface area contributed by atoms with Crippen LogP contribution in [0.25, 0.3) is 12.2 Å². The third kappa shape index (κ3) is 5.18. The molecule has 0 bridgehead atoms. The zero-order valence-corrected chi connectivity index (χ0v) is 17.2. The van der Waals surface area contributed by atoms with Crippen LogP contribution in [0.1, 0.15) is 31.8 Å². The van der Waals surface area contributed by atoms with Gasteiger partial charge in [0.2, 0.25) is 0 Å². The Morgan fingerprint density at radius 2 is 0.812 bits per heavy atom. The molecule has 0 saturated carbocycles. The number of benzene rings is 4. The molecule has 0 spiro atoms. The van der Waals surface area contributed by atoms with E-state index >= 15 is 0 Å². The van der Waals surface area contributed by atoms with Gasteiger partial charge in [-0.2, -0.15) is 0 Å². The predicted octanol–water partition coefficient (Wildman–Crippen LogP) is 6.30. The smallest absolute Gasteiger partial charge is 0.344 e. The van der Waals surface area contributed by atoms with E-state index in [4.69, 9.17) is 9.47 Å². The average Bonchev–Trinajstić information content (AvgIpc) is 2.84. The van der Waals surface area contributed by atoms with Crippen LogP contribution >= 0.6 is 0 Å².